The summed E-state index contributed by atoms with van der Waals surface area (Å²) in [6, 6.07) is -0.844. The third-order valence-electron chi connectivity index (χ3n) is 4.24. The topological polar surface area (TPSA) is 102 Å². The van der Waals surface area contributed by atoms with Gasteiger partial charge in [-0.05, 0) is 25.7 Å². The lowest BCUT2D eigenvalue weighted by Gasteiger charge is -2.22. The van der Waals surface area contributed by atoms with Crippen molar-refractivity contribution in [3.05, 3.63) is 12.4 Å². The number of carboxylic acids is 1. The zero-order chi connectivity index (χ0) is 15.7. The van der Waals surface area contributed by atoms with Crippen LogP contribution in [0.3, 0.4) is 0 Å². The van der Waals surface area contributed by atoms with Gasteiger partial charge >= 0.3 is 5.97 Å². The van der Waals surface area contributed by atoms with Crippen molar-refractivity contribution in [1.82, 2.24) is 14.1 Å². The molecule has 9 heteroatoms. The first-order valence-electron chi connectivity index (χ1n) is 7.36. The molecule has 22 heavy (non-hydrogen) atoms. The van der Waals surface area contributed by atoms with Gasteiger partial charge in [-0.25, -0.2) is 8.42 Å². The molecule has 122 valence electrons. The lowest BCUT2D eigenvalue weighted by Crippen LogP contribution is -2.40. The van der Waals surface area contributed by atoms with Crippen molar-refractivity contribution >= 4 is 16.0 Å². The Morgan fingerprint density at radius 2 is 2.05 bits per heavy atom. The normalized spacial score (nSPS) is 24.6. The highest BCUT2D eigenvalue weighted by atomic mass is 32.2. The minimum Gasteiger partial charge on any atom is -0.480 e. The smallest absolute Gasteiger partial charge is 0.322 e. The van der Waals surface area contributed by atoms with E-state index in [2.05, 4.69) is 5.10 Å². The fraction of sp³-hybridized carbons (Fsp3) is 0.692. The van der Waals surface area contributed by atoms with Crippen LogP contribution in [0.15, 0.2) is 17.3 Å². The number of hydrogen-bond acceptors (Lipinski definition) is 5. The van der Waals surface area contributed by atoms with Gasteiger partial charge in [0.1, 0.15) is 10.9 Å². The van der Waals surface area contributed by atoms with Crippen LogP contribution in [0.5, 0.6) is 0 Å². The average molecular weight is 329 g/mol. The molecule has 1 aromatic rings. The van der Waals surface area contributed by atoms with Crippen LogP contribution in [0.1, 0.15) is 31.7 Å². The fourth-order valence-electron chi connectivity index (χ4n) is 3.01. The Balaban J connectivity index is 1.83. The summed E-state index contributed by atoms with van der Waals surface area (Å²) in [7, 11) is -3.81. The maximum Gasteiger partial charge on any atom is 0.322 e. The van der Waals surface area contributed by atoms with E-state index in [4.69, 9.17) is 9.84 Å². The van der Waals surface area contributed by atoms with Gasteiger partial charge in [0.15, 0.2) is 0 Å². The number of aromatic nitrogens is 2. The van der Waals surface area contributed by atoms with Crippen molar-refractivity contribution in [3.63, 3.8) is 0 Å². The molecule has 0 aliphatic carbocycles. The molecule has 8 nitrogen and oxygen atoms in total. The summed E-state index contributed by atoms with van der Waals surface area (Å²) in [6.07, 6.45) is 5.31. The molecule has 1 N–H and O–H groups in total. The summed E-state index contributed by atoms with van der Waals surface area (Å²) >= 11 is 0. The number of nitrogens with zero attached hydrogens (tertiary/aromatic N) is 3. The van der Waals surface area contributed by atoms with E-state index < -0.39 is 22.0 Å². The highest BCUT2D eigenvalue weighted by Gasteiger charge is 2.40. The number of rotatable bonds is 4. The summed E-state index contributed by atoms with van der Waals surface area (Å²) in [4.78, 5) is 11.3. The van der Waals surface area contributed by atoms with Crippen LogP contribution in [0.25, 0.3) is 0 Å². The van der Waals surface area contributed by atoms with Gasteiger partial charge in [-0.1, -0.05) is 0 Å². The third-order valence-corrected chi connectivity index (χ3v) is 6.10. The van der Waals surface area contributed by atoms with Gasteiger partial charge in [-0.3, -0.25) is 9.48 Å². The first-order valence-corrected chi connectivity index (χ1v) is 8.80. The van der Waals surface area contributed by atoms with E-state index in [1.54, 1.807) is 4.68 Å². The first kappa shape index (κ1) is 15.4. The van der Waals surface area contributed by atoms with Crippen LogP contribution in [0.2, 0.25) is 0 Å². The van der Waals surface area contributed by atoms with Crippen molar-refractivity contribution in [1.29, 1.82) is 0 Å². The summed E-state index contributed by atoms with van der Waals surface area (Å²) < 4.78 is 33.3. The summed E-state index contributed by atoms with van der Waals surface area (Å²) in [5.74, 6) is -1.10. The number of carbonyl (C=O) groups is 1. The number of carboxylic acid groups (broad SMARTS) is 1. The molecule has 0 amide bonds. The summed E-state index contributed by atoms with van der Waals surface area (Å²) in [6.45, 7) is 1.52. The second-order valence-corrected chi connectivity index (χ2v) is 7.50. The Labute approximate surface area is 128 Å². The highest BCUT2D eigenvalue weighted by Crippen LogP contribution is 2.27. The van der Waals surface area contributed by atoms with E-state index in [0.717, 1.165) is 17.1 Å². The lowest BCUT2D eigenvalue weighted by atomic mass is 10.1. The molecule has 2 aliphatic rings. The Kier molecular flexibility index (Phi) is 4.20. The quantitative estimate of drug-likeness (QED) is 0.862. The number of hydrogen-bond donors (Lipinski definition) is 1. The second-order valence-electron chi connectivity index (χ2n) is 5.61. The Morgan fingerprint density at radius 3 is 2.73 bits per heavy atom. The first-order chi connectivity index (χ1) is 10.5. The van der Waals surface area contributed by atoms with E-state index in [1.807, 2.05) is 0 Å². The number of aliphatic carboxylic acids is 1. The highest BCUT2D eigenvalue weighted by molar-refractivity contribution is 7.89. The van der Waals surface area contributed by atoms with Crippen LogP contribution in [0, 0.1) is 0 Å². The molecule has 0 radical (unpaired) electrons. The molecule has 0 unspecified atom stereocenters. The van der Waals surface area contributed by atoms with Gasteiger partial charge in [0.2, 0.25) is 10.0 Å². The summed E-state index contributed by atoms with van der Waals surface area (Å²) in [5, 5.41) is 13.3. The molecular weight excluding hydrogens is 310 g/mol. The predicted octanol–water partition coefficient (Wildman–Crippen LogP) is 0.472. The van der Waals surface area contributed by atoms with Crippen LogP contribution in [-0.4, -0.2) is 59.4 Å². The zero-order valence-corrected chi connectivity index (χ0v) is 12.9. The molecule has 0 bridgehead atoms. The Morgan fingerprint density at radius 1 is 1.32 bits per heavy atom. The Bertz CT molecular complexity index is 650. The standard InChI is InChI=1S/C13H19N3O5S/c17-13(18)12-2-1-5-16(12)22(19,20)11-8-14-15(9-11)10-3-6-21-7-4-10/h8-10,12H,1-7H2,(H,17,18)/t12-/m1/s1. The number of ether oxygens (including phenoxy) is 1. The van der Waals surface area contributed by atoms with E-state index in [-0.39, 0.29) is 17.5 Å². The van der Waals surface area contributed by atoms with Crippen LogP contribution in [0.4, 0.5) is 0 Å². The van der Waals surface area contributed by atoms with E-state index in [0.29, 0.717) is 26.1 Å². The van der Waals surface area contributed by atoms with E-state index >= 15 is 0 Å². The largest absolute Gasteiger partial charge is 0.480 e. The third kappa shape index (κ3) is 2.75. The molecule has 0 spiro atoms. The van der Waals surface area contributed by atoms with Gasteiger partial charge < -0.3 is 9.84 Å². The van der Waals surface area contributed by atoms with Gasteiger partial charge in [0, 0.05) is 26.0 Å². The second kappa shape index (κ2) is 5.98. The van der Waals surface area contributed by atoms with E-state index in [9.17, 15) is 13.2 Å². The minimum absolute atomic E-state index is 0.0622. The van der Waals surface area contributed by atoms with Crippen molar-refractivity contribution in [2.75, 3.05) is 19.8 Å². The van der Waals surface area contributed by atoms with Crippen molar-refractivity contribution in [3.8, 4) is 0 Å². The van der Waals surface area contributed by atoms with E-state index in [1.165, 1.54) is 12.4 Å². The summed E-state index contributed by atoms with van der Waals surface area (Å²) in [5.41, 5.74) is 0. The number of sulfonamides is 1. The van der Waals surface area contributed by atoms with Gasteiger partial charge in [0.05, 0.1) is 12.2 Å². The lowest BCUT2D eigenvalue weighted by molar-refractivity contribution is -0.140. The maximum atomic E-state index is 12.6. The fourth-order valence-corrected chi connectivity index (χ4v) is 4.61. The molecular formula is C13H19N3O5S. The van der Waals surface area contributed by atoms with Crippen molar-refractivity contribution in [2.45, 2.75) is 42.7 Å². The molecule has 3 rings (SSSR count). The minimum atomic E-state index is -3.81. The SMILES string of the molecule is O=C(O)[C@H]1CCCN1S(=O)(=O)c1cnn(C2CCOCC2)c1. The maximum absolute atomic E-state index is 12.6. The molecule has 0 saturated carbocycles. The molecule has 2 fully saturated rings. The van der Waals surface area contributed by atoms with Crippen molar-refractivity contribution < 1.29 is 23.1 Å². The molecule has 2 saturated heterocycles. The van der Waals surface area contributed by atoms with Crippen LogP contribution < -0.4 is 0 Å². The van der Waals surface area contributed by atoms with Gasteiger partial charge in [0.25, 0.3) is 0 Å². The molecule has 1 atom stereocenters. The van der Waals surface area contributed by atoms with Crippen molar-refractivity contribution in [2.24, 2.45) is 0 Å². The Hall–Kier alpha value is -1.45. The predicted molar refractivity (Wildman–Crippen MR) is 75.9 cm³/mol. The molecule has 0 aromatic carbocycles. The van der Waals surface area contributed by atoms with Crippen LogP contribution in [-0.2, 0) is 19.6 Å². The molecule has 1 aromatic heterocycles. The molecule has 3 heterocycles. The monoisotopic (exact) mass is 329 g/mol. The van der Waals surface area contributed by atoms with Gasteiger partial charge in [-0.15, -0.1) is 0 Å². The molecule has 2 aliphatic heterocycles. The average Bonchev–Trinajstić information content (AvgIpc) is 3.18. The zero-order valence-electron chi connectivity index (χ0n) is 12.1. The van der Waals surface area contributed by atoms with Crippen LogP contribution >= 0.6 is 0 Å². The van der Waals surface area contributed by atoms with Gasteiger partial charge in [-0.2, -0.15) is 9.40 Å².